The SMILES string of the molecule is CNC(=O)C(O/N=C(\C(=O)O)c1csc(C)n1)c1cc(OC(c2ccccc2)c2ccccc2)c(OC(c2ccccc2)c2ccccc2)c[n+]1O. The third kappa shape index (κ3) is 8.25. The van der Waals surface area contributed by atoms with Crippen LogP contribution in [0.15, 0.2) is 144 Å². The number of aryl methyl sites for hydroxylation is 1. The molecule has 0 radical (unpaired) electrons. The number of aromatic nitrogens is 2. The number of oxime groups is 1. The molecule has 1 unspecified atom stereocenters. The number of hydrogen-bond acceptors (Lipinski definition) is 9. The number of likely N-dealkylation sites (N-methyl/N-ethyl adjacent to an activating group) is 1. The fourth-order valence-electron chi connectivity index (χ4n) is 5.46. The van der Waals surface area contributed by atoms with E-state index in [-0.39, 0.29) is 22.9 Å². The molecule has 0 aliphatic carbocycles. The van der Waals surface area contributed by atoms with E-state index in [1.54, 1.807) is 6.92 Å². The second-order valence-corrected chi connectivity index (χ2v) is 12.6. The molecular weight excluding hydrogens is 681 g/mol. The van der Waals surface area contributed by atoms with Gasteiger partial charge in [-0.15, -0.1) is 11.3 Å². The van der Waals surface area contributed by atoms with Crippen LogP contribution in [-0.2, 0) is 14.4 Å². The van der Waals surface area contributed by atoms with E-state index in [1.165, 1.54) is 36.0 Å². The fourth-order valence-corrected chi connectivity index (χ4v) is 6.06. The van der Waals surface area contributed by atoms with Crippen LogP contribution >= 0.6 is 11.3 Å². The second kappa shape index (κ2) is 16.5. The number of carbonyl (C=O) groups is 2. The Kier molecular flexibility index (Phi) is 11.2. The number of thiazole rings is 1. The summed E-state index contributed by atoms with van der Waals surface area (Å²) in [7, 11) is 1.38. The Balaban J connectivity index is 1.49. The highest BCUT2D eigenvalue weighted by molar-refractivity contribution is 7.09. The van der Waals surface area contributed by atoms with Gasteiger partial charge in [-0.25, -0.2) is 9.78 Å². The maximum absolute atomic E-state index is 13.3. The summed E-state index contributed by atoms with van der Waals surface area (Å²) in [6.07, 6.45) is -1.63. The van der Waals surface area contributed by atoms with E-state index in [0.717, 1.165) is 22.3 Å². The first-order valence-corrected chi connectivity index (χ1v) is 17.1. The minimum absolute atomic E-state index is 0.0664. The summed E-state index contributed by atoms with van der Waals surface area (Å²) in [6.45, 7) is 1.72. The number of amides is 1. The molecule has 262 valence electrons. The van der Waals surface area contributed by atoms with Gasteiger partial charge in [0.25, 0.3) is 23.9 Å². The van der Waals surface area contributed by atoms with E-state index in [2.05, 4.69) is 15.5 Å². The monoisotopic (exact) mass is 715 g/mol. The Labute approximate surface area is 304 Å². The average molecular weight is 716 g/mol. The predicted molar refractivity (Wildman–Crippen MR) is 193 cm³/mol. The van der Waals surface area contributed by atoms with E-state index < -0.39 is 35.9 Å². The minimum atomic E-state index is -1.63. The number of rotatable bonds is 14. The van der Waals surface area contributed by atoms with Crippen LogP contribution < -0.4 is 19.5 Å². The molecule has 11 nitrogen and oxygen atoms in total. The molecule has 0 aliphatic heterocycles. The number of ether oxygens (including phenoxy) is 2. The van der Waals surface area contributed by atoms with Crippen molar-refractivity contribution >= 4 is 28.9 Å². The molecule has 6 rings (SSSR count). The number of carboxylic acid groups (broad SMARTS) is 1. The number of benzene rings is 4. The summed E-state index contributed by atoms with van der Waals surface area (Å²) in [4.78, 5) is 35.3. The van der Waals surface area contributed by atoms with Crippen molar-refractivity contribution in [2.45, 2.75) is 25.2 Å². The highest BCUT2D eigenvalue weighted by Gasteiger charge is 2.36. The lowest BCUT2D eigenvalue weighted by molar-refractivity contribution is -0.911. The van der Waals surface area contributed by atoms with Crippen molar-refractivity contribution < 1.29 is 38.9 Å². The van der Waals surface area contributed by atoms with E-state index in [0.29, 0.717) is 9.74 Å². The van der Waals surface area contributed by atoms with Gasteiger partial charge in [0.1, 0.15) is 17.9 Å². The molecule has 0 saturated heterocycles. The molecule has 52 heavy (non-hydrogen) atoms. The molecule has 0 saturated carbocycles. The zero-order chi connectivity index (χ0) is 36.5. The first-order chi connectivity index (χ1) is 25.3. The number of aliphatic carboxylic acids is 1. The van der Waals surface area contributed by atoms with E-state index >= 15 is 0 Å². The summed E-state index contributed by atoms with van der Waals surface area (Å²) in [5, 5.41) is 29.9. The van der Waals surface area contributed by atoms with Crippen LogP contribution in [0.5, 0.6) is 11.5 Å². The Morgan fingerprint density at radius 2 is 1.23 bits per heavy atom. The standard InChI is InChI=1S/C40H34N4O7S/c1-26-42-31(25-52-26)35(40(46)47)43-51-38(39(45)41-2)32-23-33(49-36(27-15-7-3-8-16-27)28-17-9-4-10-18-28)34(24-44(32)48)50-37(29-19-11-5-12-20-29)30-21-13-6-14-22-30/h3-25,36-38H,1-2H3,(H2-,41,45,46,47,48)/p+1/b43-35-. The third-order valence-electron chi connectivity index (χ3n) is 7.99. The Bertz CT molecular complexity index is 2070. The molecule has 1 amide bonds. The highest BCUT2D eigenvalue weighted by Crippen LogP contribution is 2.39. The highest BCUT2D eigenvalue weighted by atomic mass is 32.1. The maximum atomic E-state index is 13.3. The lowest BCUT2D eigenvalue weighted by Gasteiger charge is -2.24. The zero-order valence-corrected chi connectivity index (χ0v) is 29.0. The molecule has 4 aromatic carbocycles. The largest absolute Gasteiger partial charge is 0.477 e. The predicted octanol–water partition coefficient (Wildman–Crippen LogP) is 6.61. The number of hydrogen-bond donors (Lipinski definition) is 3. The smallest absolute Gasteiger partial charge is 0.360 e. The molecule has 0 spiro atoms. The number of nitrogens with one attached hydrogen (secondary N) is 1. The number of carbonyl (C=O) groups excluding carboxylic acids is 1. The molecule has 0 aliphatic rings. The van der Waals surface area contributed by atoms with Gasteiger partial charge in [0.2, 0.25) is 11.5 Å². The van der Waals surface area contributed by atoms with Crippen LogP contribution in [0.3, 0.4) is 0 Å². The Hall–Kier alpha value is -6.53. The van der Waals surface area contributed by atoms with Crippen LogP contribution in [0.2, 0.25) is 0 Å². The molecule has 0 fully saturated rings. The Morgan fingerprint density at radius 1 is 0.769 bits per heavy atom. The molecule has 2 heterocycles. The van der Waals surface area contributed by atoms with Crippen molar-refractivity contribution in [2.24, 2.45) is 5.16 Å². The van der Waals surface area contributed by atoms with Gasteiger partial charge in [-0.1, -0.05) is 126 Å². The van der Waals surface area contributed by atoms with Crippen LogP contribution in [0.25, 0.3) is 0 Å². The van der Waals surface area contributed by atoms with Crippen molar-refractivity contribution in [3.63, 3.8) is 0 Å². The molecule has 2 aromatic heterocycles. The topological polar surface area (TPSA) is 143 Å². The lowest BCUT2D eigenvalue weighted by Crippen LogP contribution is -2.41. The van der Waals surface area contributed by atoms with Gasteiger partial charge in [-0.3, -0.25) is 10.0 Å². The van der Waals surface area contributed by atoms with Crippen LogP contribution in [0.1, 0.15) is 57.0 Å². The van der Waals surface area contributed by atoms with Crippen molar-refractivity contribution in [3.05, 3.63) is 178 Å². The van der Waals surface area contributed by atoms with E-state index in [9.17, 15) is 19.9 Å². The molecular formula is C40H35N4O7S+. The van der Waals surface area contributed by atoms with Gasteiger partial charge in [0, 0.05) is 17.2 Å². The third-order valence-corrected chi connectivity index (χ3v) is 8.77. The molecule has 6 aromatic rings. The minimum Gasteiger partial charge on any atom is -0.477 e. The summed E-state index contributed by atoms with van der Waals surface area (Å²) in [5.41, 5.74) is 2.78. The van der Waals surface area contributed by atoms with Gasteiger partial charge in [-0.2, -0.15) is 0 Å². The van der Waals surface area contributed by atoms with Crippen molar-refractivity contribution in [3.8, 4) is 11.5 Å². The van der Waals surface area contributed by atoms with Gasteiger partial charge >= 0.3 is 5.97 Å². The van der Waals surface area contributed by atoms with Crippen molar-refractivity contribution in [1.29, 1.82) is 0 Å². The molecule has 3 N–H and O–H groups in total. The van der Waals surface area contributed by atoms with Gasteiger partial charge in [0.05, 0.1) is 11.1 Å². The second-order valence-electron chi connectivity index (χ2n) is 11.5. The van der Waals surface area contributed by atoms with Crippen LogP contribution in [0, 0.1) is 6.92 Å². The summed E-state index contributed by atoms with van der Waals surface area (Å²) < 4.78 is 14.2. The van der Waals surface area contributed by atoms with Gasteiger partial charge in [0.15, 0.2) is 5.75 Å². The van der Waals surface area contributed by atoms with Crippen molar-refractivity contribution in [1.82, 2.24) is 10.3 Å². The summed E-state index contributed by atoms with van der Waals surface area (Å²) in [6, 6.07) is 39.8. The van der Waals surface area contributed by atoms with Gasteiger partial charge < -0.3 is 24.7 Å². The average Bonchev–Trinajstić information content (AvgIpc) is 3.61. The maximum Gasteiger partial charge on any atom is 0.360 e. The number of carboxylic acids is 1. The first-order valence-electron chi connectivity index (χ1n) is 16.3. The molecule has 0 bridgehead atoms. The molecule has 12 heteroatoms. The van der Waals surface area contributed by atoms with Gasteiger partial charge in [-0.05, 0) is 29.2 Å². The van der Waals surface area contributed by atoms with Crippen LogP contribution in [-0.4, -0.2) is 39.9 Å². The summed E-state index contributed by atoms with van der Waals surface area (Å²) >= 11 is 1.24. The zero-order valence-electron chi connectivity index (χ0n) is 28.2. The fraction of sp³-hybridized carbons (Fsp3) is 0.125. The lowest BCUT2D eigenvalue weighted by atomic mass is 10.0. The Morgan fingerprint density at radius 3 is 1.63 bits per heavy atom. The quantitative estimate of drug-likeness (QED) is 0.0495. The van der Waals surface area contributed by atoms with E-state index in [4.69, 9.17) is 14.3 Å². The molecule has 1 atom stereocenters. The number of nitrogens with zero attached hydrogens (tertiary/aromatic N) is 3. The normalized spacial score (nSPS) is 12.0. The van der Waals surface area contributed by atoms with Crippen molar-refractivity contribution in [2.75, 3.05) is 7.05 Å². The number of pyridine rings is 1. The first kappa shape index (κ1) is 35.3. The van der Waals surface area contributed by atoms with Crippen LogP contribution in [0.4, 0.5) is 0 Å². The van der Waals surface area contributed by atoms with E-state index in [1.807, 2.05) is 121 Å². The summed E-state index contributed by atoms with van der Waals surface area (Å²) in [5.74, 6) is -1.83.